The second kappa shape index (κ2) is 6.73. The largest absolute Gasteiger partial charge is 0.355 e. The molecule has 0 radical (unpaired) electrons. The average molecular weight is 255 g/mol. The van der Waals surface area contributed by atoms with Gasteiger partial charge in [0.2, 0.25) is 11.8 Å². The summed E-state index contributed by atoms with van der Waals surface area (Å²) in [5, 5.41) is 8.89. The minimum absolute atomic E-state index is 0.0213. The zero-order valence-corrected chi connectivity index (χ0v) is 11.6. The summed E-state index contributed by atoms with van der Waals surface area (Å²) >= 11 is 0. The molecule has 0 heterocycles. The summed E-state index contributed by atoms with van der Waals surface area (Å²) in [7, 11) is 0. The third-order valence-electron chi connectivity index (χ3n) is 3.00. The lowest BCUT2D eigenvalue weighted by molar-refractivity contribution is -0.127. The van der Waals surface area contributed by atoms with Crippen LogP contribution in [0.15, 0.2) is 0 Å². The van der Waals surface area contributed by atoms with E-state index in [4.69, 9.17) is 0 Å². The minimum atomic E-state index is -0.551. The Morgan fingerprint density at radius 1 is 1.28 bits per heavy atom. The molecule has 104 valence electrons. The van der Waals surface area contributed by atoms with E-state index in [9.17, 15) is 9.59 Å². The van der Waals surface area contributed by atoms with Gasteiger partial charge in [-0.25, -0.2) is 0 Å². The molecule has 1 rings (SSSR count). The molecule has 2 amide bonds. The van der Waals surface area contributed by atoms with Crippen molar-refractivity contribution in [1.29, 1.82) is 0 Å². The van der Waals surface area contributed by atoms with Crippen molar-refractivity contribution >= 4 is 11.8 Å². The number of hydrogen-bond acceptors (Lipinski definition) is 3. The highest BCUT2D eigenvalue weighted by Crippen LogP contribution is 2.18. The zero-order valence-electron chi connectivity index (χ0n) is 11.6. The lowest BCUT2D eigenvalue weighted by atomic mass is 10.0. The molecular formula is C13H25N3O2. The van der Waals surface area contributed by atoms with E-state index in [1.807, 2.05) is 20.8 Å². The molecule has 0 bridgehead atoms. The van der Waals surface area contributed by atoms with Crippen LogP contribution in [0.5, 0.6) is 0 Å². The molecule has 0 aliphatic heterocycles. The Bertz CT molecular complexity index is 299. The molecule has 0 spiro atoms. The lowest BCUT2D eigenvalue weighted by Crippen LogP contribution is -2.52. The topological polar surface area (TPSA) is 70.2 Å². The van der Waals surface area contributed by atoms with Crippen molar-refractivity contribution in [1.82, 2.24) is 16.0 Å². The normalized spacial score (nSPS) is 15.3. The fourth-order valence-corrected chi connectivity index (χ4v) is 1.72. The van der Waals surface area contributed by atoms with Gasteiger partial charge in [0.1, 0.15) is 0 Å². The van der Waals surface area contributed by atoms with Crippen LogP contribution in [-0.4, -0.2) is 36.5 Å². The highest BCUT2D eigenvalue weighted by molar-refractivity contribution is 5.85. The van der Waals surface area contributed by atoms with Crippen molar-refractivity contribution in [2.24, 2.45) is 0 Å². The number of hydrogen-bond donors (Lipinski definition) is 3. The van der Waals surface area contributed by atoms with E-state index in [-0.39, 0.29) is 11.8 Å². The van der Waals surface area contributed by atoms with Crippen LogP contribution in [0.25, 0.3) is 0 Å². The predicted octanol–water partition coefficient (Wildman–Crippen LogP) is 0.549. The number of carbonyl (C=O) groups excluding carboxylic acids is 2. The Morgan fingerprint density at radius 2 is 1.94 bits per heavy atom. The van der Waals surface area contributed by atoms with Crippen LogP contribution >= 0.6 is 0 Å². The number of likely N-dealkylation sites (N-methyl/N-ethyl adjacent to an activating group) is 1. The molecule has 3 N–H and O–H groups in total. The smallest absolute Gasteiger partial charge is 0.239 e. The van der Waals surface area contributed by atoms with Gasteiger partial charge in [-0.15, -0.1) is 0 Å². The summed E-state index contributed by atoms with van der Waals surface area (Å²) < 4.78 is 0. The monoisotopic (exact) mass is 255 g/mol. The van der Waals surface area contributed by atoms with Gasteiger partial charge in [0.25, 0.3) is 0 Å². The van der Waals surface area contributed by atoms with Gasteiger partial charge in [-0.2, -0.15) is 0 Å². The van der Waals surface area contributed by atoms with Crippen LogP contribution < -0.4 is 16.0 Å². The van der Waals surface area contributed by atoms with Crippen molar-refractivity contribution in [3.05, 3.63) is 0 Å². The molecule has 18 heavy (non-hydrogen) atoms. The summed E-state index contributed by atoms with van der Waals surface area (Å²) in [5.41, 5.74) is -0.551. The highest BCUT2D eigenvalue weighted by atomic mass is 16.2. The molecule has 5 nitrogen and oxygen atoms in total. The number of rotatable bonds is 8. The van der Waals surface area contributed by atoms with Crippen molar-refractivity contribution in [3.8, 4) is 0 Å². The van der Waals surface area contributed by atoms with Crippen molar-refractivity contribution in [2.45, 2.75) is 58.0 Å². The molecule has 0 atom stereocenters. The summed E-state index contributed by atoms with van der Waals surface area (Å²) in [5.74, 6) is 0.0737. The number of nitrogens with one attached hydrogen (secondary N) is 3. The Hall–Kier alpha value is -1.10. The molecular weight excluding hydrogens is 230 g/mol. The lowest BCUT2D eigenvalue weighted by Gasteiger charge is -2.24. The van der Waals surface area contributed by atoms with Gasteiger partial charge in [-0.05, 0) is 39.7 Å². The van der Waals surface area contributed by atoms with E-state index in [1.165, 1.54) is 0 Å². The third kappa shape index (κ3) is 5.49. The molecule has 5 heteroatoms. The minimum Gasteiger partial charge on any atom is -0.355 e. The molecule has 0 aromatic carbocycles. The van der Waals surface area contributed by atoms with Gasteiger partial charge in [0.15, 0.2) is 0 Å². The second-order valence-electron chi connectivity index (χ2n) is 5.36. The van der Waals surface area contributed by atoms with Crippen LogP contribution in [0.1, 0.15) is 46.5 Å². The highest BCUT2D eigenvalue weighted by Gasteiger charge is 2.25. The van der Waals surface area contributed by atoms with Gasteiger partial charge >= 0.3 is 0 Å². The molecule has 1 aliphatic carbocycles. The molecule has 1 fully saturated rings. The number of carbonyl (C=O) groups is 2. The van der Waals surface area contributed by atoms with E-state index in [0.29, 0.717) is 25.4 Å². The van der Waals surface area contributed by atoms with E-state index >= 15 is 0 Å². The Morgan fingerprint density at radius 3 is 2.50 bits per heavy atom. The third-order valence-corrected chi connectivity index (χ3v) is 3.00. The maximum absolute atomic E-state index is 11.8. The van der Waals surface area contributed by atoms with E-state index < -0.39 is 5.54 Å². The average Bonchev–Trinajstić information content (AvgIpc) is 3.07. The van der Waals surface area contributed by atoms with Crippen LogP contribution in [0.2, 0.25) is 0 Å². The van der Waals surface area contributed by atoms with Crippen LogP contribution in [-0.2, 0) is 9.59 Å². The maximum atomic E-state index is 11.8. The number of amides is 2. The predicted molar refractivity (Wildman–Crippen MR) is 71.2 cm³/mol. The first-order valence-electron chi connectivity index (χ1n) is 6.78. The Balaban J connectivity index is 2.09. The van der Waals surface area contributed by atoms with E-state index in [2.05, 4.69) is 16.0 Å². The van der Waals surface area contributed by atoms with Crippen LogP contribution in [0, 0.1) is 0 Å². The van der Waals surface area contributed by atoms with Gasteiger partial charge in [0, 0.05) is 19.0 Å². The Kier molecular flexibility index (Phi) is 5.59. The van der Waals surface area contributed by atoms with Crippen molar-refractivity contribution in [2.75, 3.05) is 13.1 Å². The first kappa shape index (κ1) is 15.0. The van der Waals surface area contributed by atoms with Crippen LogP contribution in [0.3, 0.4) is 0 Å². The fourth-order valence-electron chi connectivity index (χ4n) is 1.72. The van der Waals surface area contributed by atoms with Gasteiger partial charge < -0.3 is 16.0 Å². The quantitative estimate of drug-likeness (QED) is 0.555. The van der Waals surface area contributed by atoms with E-state index in [0.717, 1.165) is 19.4 Å². The molecule has 0 unspecified atom stereocenters. The first-order chi connectivity index (χ1) is 8.45. The summed E-state index contributed by atoms with van der Waals surface area (Å²) in [6.45, 7) is 6.98. The zero-order chi connectivity index (χ0) is 13.6. The van der Waals surface area contributed by atoms with Gasteiger partial charge in [-0.3, -0.25) is 9.59 Å². The molecule has 0 saturated heterocycles. The molecule has 1 aliphatic rings. The summed E-state index contributed by atoms with van der Waals surface area (Å²) in [4.78, 5) is 23.2. The second-order valence-corrected chi connectivity index (χ2v) is 5.36. The first-order valence-corrected chi connectivity index (χ1v) is 6.78. The summed E-state index contributed by atoms with van der Waals surface area (Å²) in [6.07, 6.45) is 3.39. The molecule has 0 aromatic heterocycles. The van der Waals surface area contributed by atoms with E-state index in [1.54, 1.807) is 0 Å². The van der Waals surface area contributed by atoms with Gasteiger partial charge in [-0.1, -0.05) is 6.92 Å². The summed E-state index contributed by atoms with van der Waals surface area (Å²) in [6, 6.07) is 0.416. The van der Waals surface area contributed by atoms with Crippen molar-refractivity contribution in [3.63, 3.8) is 0 Å². The van der Waals surface area contributed by atoms with Crippen LogP contribution in [0.4, 0.5) is 0 Å². The fraction of sp³-hybridized carbons (Fsp3) is 0.846. The maximum Gasteiger partial charge on any atom is 0.239 e. The molecule has 1 saturated carbocycles. The standard InChI is InChI=1S/C13H25N3O2/c1-4-15-13(2,3)12(18)14-9-5-6-11(17)16-10-7-8-10/h10,15H,4-9H2,1-3H3,(H,14,18)(H,16,17). The van der Waals surface area contributed by atoms with Crippen molar-refractivity contribution < 1.29 is 9.59 Å². The molecule has 0 aromatic rings. The Labute approximate surface area is 109 Å². The van der Waals surface area contributed by atoms with Gasteiger partial charge in [0.05, 0.1) is 5.54 Å². The SMILES string of the molecule is CCNC(C)(C)C(=O)NCCCC(=O)NC1CC1.